The lowest BCUT2D eigenvalue weighted by atomic mass is 10.0. The molecular formula is C23H24F3N5O3. The Kier molecular flexibility index (Phi) is 7.54. The Morgan fingerprint density at radius 2 is 1.85 bits per heavy atom. The summed E-state index contributed by atoms with van der Waals surface area (Å²) in [5, 5.41) is 18.4. The van der Waals surface area contributed by atoms with Gasteiger partial charge in [-0.1, -0.05) is 31.5 Å². The summed E-state index contributed by atoms with van der Waals surface area (Å²) in [6.45, 7) is 3.39. The molecule has 8 nitrogen and oxygen atoms in total. The predicted molar refractivity (Wildman–Crippen MR) is 119 cm³/mol. The zero-order valence-corrected chi connectivity index (χ0v) is 18.5. The van der Waals surface area contributed by atoms with Crippen LogP contribution in [0, 0.1) is 0 Å². The molecule has 0 fully saturated rings. The van der Waals surface area contributed by atoms with Gasteiger partial charge >= 0.3 is 12.1 Å². The molecule has 0 aliphatic heterocycles. The molecule has 1 unspecified atom stereocenters. The Labute approximate surface area is 193 Å². The Morgan fingerprint density at radius 3 is 2.44 bits per heavy atom. The van der Waals surface area contributed by atoms with Gasteiger partial charge in [0.25, 0.3) is 5.91 Å². The van der Waals surface area contributed by atoms with Gasteiger partial charge in [-0.05, 0) is 43.2 Å². The molecule has 0 spiro atoms. The number of nitrogens with one attached hydrogen (secondary N) is 2. The van der Waals surface area contributed by atoms with Gasteiger partial charge < -0.3 is 15.7 Å². The van der Waals surface area contributed by atoms with Gasteiger partial charge in [0.15, 0.2) is 5.82 Å². The number of aromatic nitrogens is 3. The van der Waals surface area contributed by atoms with Crippen LogP contribution in [0.4, 0.5) is 19.0 Å². The SMILES string of the molecule is CCCC(Nc1cccc(-n2cc(C(F)(F)F)cn2)n1)c1ccc(C(=O)N[C@@H](C)C(=O)O)cc1. The molecule has 0 radical (unpaired) electrons. The van der Waals surface area contributed by atoms with E-state index in [0.29, 0.717) is 11.4 Å². The molecule has 0 bridgehead atoms. The van der Waals surface area contributed by atoms with Crippen molar-refractivity contribution in [1.29, 1.82) is 0 Å². The van der Waals surface area contributed by atoms with E-state index in [0.717, 1.165) is 35.5 Å². The van der Waals surface area contributed by atoms with E-state index in [1.54, 1.807) is 42.5 Å². The van der Waals surface area contributed by atoms with Crippen LogP contribution in [0.15, 0.2) is 54.9 Å². The normalized spacial score (nSPS) is 13.2. The number of hydrogen-bond acceptors (Lipinski definition) is 5. The lowest BCUT2D eigenvalue weighted by molar-refractivity contribution is -0.139. The number of halogens is 3. The van der Waals surface area contributed by atoms with E-state index in [1.165, 1.54) is 6.92 Å². The van der Waals surface area contributed by atoms with Crippen LogP contribution >= 0.6 is 0 Å². The molecule has 0 saturated heterocycles. The smallest absolute Gasteiger partial charge is 0.419 e. The van der Waals surface area contributed by atoms with Gasteiger partial charge in [0.1, 0.15) is 11.9 Å². The molecule has 180 valence electrons. The molecule has 0 aliphatic rings. The molecule has 3 aromatic rings. The summed E-state index contributed by atoms with van der Waals surface area (Å²) in [5.74, 6) is -0.933. The van der Waals surface area contributed by atoms with Crippen LogP contribution in [0.5, 0.6) is 0 Å². The van der Waals surface area contributed by atoms with Gasteiger partial charge in [-0.15, -0.1) is 0 Å². The fraction of sp³-hybridized carbons (Fsp3) is 0.304. The summed E-state index contributed by atoms with van der Waals surface area (Å²) in [7, 11) is 0. The highest BCUT2D eigenvalue weighted by molar-refractivity contribution is 5.96. The third kappa shape index (κ3) is 6.12. The van der Waals surface area contributed by atoms with Crippen LogP contribution in [0.3, 0.4) is 0 Å². The average Bonchev–Trinajstić information content (AvgIpc) is 3.30. The van der Waals surface area contributed by atoms with Crippen LogP contribution in [0.2, 0.25) is 0 Å². The first kappa shape index (κ1) is 24.7. The third-order valence-electron chi connectivity index (χ3n) is 5.07. The van der Waals surface area contributed by atoms with Crippen LogP contribution < -0.4 is 10.6 Å². The molecule has 3 N–H and O–H groups in total. The first-order valence-electron chi connectivity index (χ1n) is 10.6. The quantitative estimate of drug-likeness (QED) is 0.422. The molecule has 11 heteroatoms. The van der Waals surface area contributed by atoms with Crippen molar-refractivity contribution >= 4 is 17.7 Å². The molecule has 2 atom stereocenters. The number of anilines is 1. The van der Waals surface area contributed by atoms with E-state index in [2.05, 4.69) is 20.7 Å². The lowest BCUT2D eigenvalue weighted by Crippen LogP contribution is -2.38. The van der Waals surface area contributed by atoms with Gasteiger partial charge in [-0.2, -0.15) is 18.3 Å². The number of carbonyl (C=O) groups excluding carboxylic acids is 1. The number of hydrogen-bond donors (Lipinski definition) is 3. The highest BCUT2D eigenvalue weighted by Crippen LogP contribution is 2.29. The van der Waals surface area contributed by atoms with Crippen molar-refractivity contribution in [1.82, 2.24) is 20.1 Å². The lowest BCUT2D eigenvalue weighted by Gasteiger charge is -2.20. The zero-order chi connectivity index (χ0) is 24.9. The first-order chi connectivity index (χ1) is 16.1. The van der Waals surface area contributed by atoms with Gasteiger partial charge in [-0.3, -0.25) is 9.59 Å². The first-order valence-corrected chi connectivity index (χ1v) is 10.6. The number of rotatable bonds is 9. The maximum atomic E-state index is 12.9. The molecule has 1 amide bonds. The second-order valence-electron chi connectivity index (χ2n) is 7.69. The molecule has 0 aliphatic carbocycles. The molecule has 3 rings (SSSR count). The van der Waals surface area contributed by atoms with Crippen molar-refractivity contribution in [3.8, 4) is 5.82 Å². The highest BCUT2D eigenvalue weighted by Gasteiger charge is 2.32. The molecule has 2 aromatic heterocycles. The number of carbonyl (C=O) groups is 2. The van der Waals surface area contributed by atoms with Crippen LogP contribution in [-0.4, -0.2) is 37.8 Å². The number of amides is 1. The summed E-state index contributed by atoms with van der Waals surface area (Å²) in [5.41, 5.74) is 0.333. The average molecular weight is 475 g/mol. The van der Waals surface area contributed by atoms with E-state index in [9.17, 15) is 22.8 Å². The van der Waals surface area contributed by atoms with E-state index in [1.807, 2.05) is 6.92 Å². The third-order valence-corrected chi connectivity index (χ3v) is 5.07. The molecular weight excluding hydrogens is 451 g/mol. The predicted octanol–water partition coefficient (Wildman–Crippen LogP) is 4.44. The largest absolute Gasteiger partial charge is 0.480 e. The minimum Gasteiger partial charge on any atom is -0.480 e. The van der Waals surface area contributed by atoms with Crippen molar-refractivity contribution in [3.63, 3.8) is 0 Å². The topological polar surface area (TPSA) is 109 Å². The summed E-state index contributed by atoms with van der Waals surface area (Å²) in [6.07, 6.45) is -1.30. The minimum absolute atomic E-state index is 0.175. The number of carboxylic acids is 1. The number of alkyl halides is 3. The van der Waals surface area contributed by atoms with Crippen molar-refractivity contribution in [3.05, 3.63) is 71.5 Å². The Balaban J connectivity index is 1.76. The number of carboxylic acid groups (broad SMARTS) is 1. The number of benzene rings is 1. The molecule has 0 saturated carbocycles. The fourth-order valence-electron chi connectivity index (χ4n) is 3.22. The monoisotopic (exact) mass is 475 g/mol. The Morgan fingerprint density at radius 1 is 1.15 bits per heavy atom. The summed E-state index contributed by atoms with van der Waals surface area (Å²) < 4.78 is 39.7. The molecule has 34 heavy (non-hydrogen) atoms. The van der Waals surface area contributed by atoms with E-state index in [-0.39, 0.29) is 11.9 Å². The highest BCUT2D eigenvalue weighted by atomic mass is 19.4. The zero-order valence-electron chi connectivity index (χ0n) is 18.5. The Hall–Kier alpha value is -3.89. The van der Waals surface area contributed by atoms with Crippen LogP contribution in [0.1, 0.15) is 54.2 Å². The van der Waals surface area contributed by atoms with Gasteiger partial charge in [-0.25, -0.2) is 9.67 Å². The van der Waals surface area contributed by atoms with E-state index >= 15 is 0 Å². The van der Waals surface area contributed by atoms with E-state index < -0.39 is 29.7 Å². The number of nitrogens with zero attached hydrogens (tertiary/aromatic N) is 3. The second-order valence-corrected chi connectivity index (χ2v) is 7.69. The second kappa shape index (κ2) is 10.4. The minimum atomic E-state index is -4.49. The number of aliphatic carboxylic acids is 1. The maximum Gasteiger partial charge on any atom is 0.419 e. The summed E-state index contributed by atoms with van der Waals surface area (Å²) in [6, 6.07) is 10.5. The summed E-state index contributed by atoms with van der Waals surface area (Å²) >= 11 is 0. The molecule has 2 heterocycles. The van der Waals surface area contributed by atoms with Crippen molar-refractivity contribution in [2.24, 2.45) is 0 Å². The summed E-state index contributed by atoms with van der Waals surface area (Å²) in [4.78, 5) is 27.5. The van der Waals surface area contributed by atoms with Crippen molar-refractivity contribution in [2.75, 3.05) is 5.32 Å². The van der Waals surface area contributed by atoms with Gasteiger partial charge in [0.2, 0.25) is 0 Å². The fourth-order valence-corrected chi connectivity index (χ4v) is 3.22. The van der Waals surface area contributed by atoms with E-state index in [4.69, 9.17) is 5.11 Å². The maximum absolute atomic E-state index is 12.9. The van der Waals surface area contributed by atoms with Crippen LogP contribution in [-0.2, 0) is 11.0 Å². The standard InChI is InChI=1S/C23H24F3N5O3/c1-3-5-18(15-8-10-16(11-9-15)21(32)28-14(2)22(33)34)29-19-6-4-7-20(30-19)31-13-17(12-27-31)23(24,25)26/h4,6-14,18H,3,5H2,1-2H3,(H,28,32)(H,29,30)(H,33,34)/t14-,18?/m0/s1. The Bertz CT molecular complexity index is 1150. The molecule has 1 aromatic carbocycles. The van der Waals surface area contributed by atoms with Crippen molar-refractivity contribution in [2.45, 2.75) is 44.9 Å². The van der Waals surface area contributed by atoms with Crippen LogP contribution in [0.25, 0.3) is 5.82 Å². The van der Waals surface area contributed by atoms with Gasteiger partial charge in [0, 0.05) is 11.8 Å². The van der Waals surface area contributed by atoms with Gasteiger partial charge in [0.05, 0.1) is 17.8 Å². The number of pyridine rings is 1. The van der Waals surface area contributed by atoms with Crippen molar-refractivity contribution < 1.29 is 27.9 Å².